The van der Waals surface area contributed by atoms with Crippen molar-refractivity contribution in [2.45, 2.75) is 46.6 Å². The molecule has 0 spiro atoms. The number of nitrogens with one attached hydrogen (secondary N) is 2. The van der Waals surface area contributed by atoms with Gasteiger partial charge in [0.1, 0.15) is 0 Å². The Hall–Kier alpha value is -1.88. The Bertz CT molecular complexity index is 648. The number of benzene rings is 1. The first-order valence-corrected chi connectivity index (χ1v) is 8.75. The molecule has 0 radical (unpaired) electrons. The minimum Gasteiger partial charge on any atom is -0.462 e. The van der Waals surface area contributed by atoms with E-state index in [1.54, 1.807) is 0 Å². The quantitative estimate of drug-likeness (QED) is 0.627. The fourth-order valence-corrected chi connectivity index (χ4v) is 2.88. The van der Waals surface area contributed by atoms with Gasteiger partial charge in [0.15, 0.2) is 5.11 Å². The molecule has 0 unspecified atom stereocenters. The van der Waals surface area contributed by atoms with Gasteiger partial charge in [-0.3, -0.25) is 0 Å². The standard InChI is InChI=1S/C19H26N2O2S/c1-11(2)10-23-18(22)16-13(5)20-19(24)21-17(16)15-8-6-14(7-9-15)12(3)4/h6-9,11-12,17H,10H2,1-5H3,(H2,20,21,24)/t17-/m0/s1. The highest BCUT2D eigenvalue weighted by Gasteiger charge is 2.31. The molecule has 0 aromatic heterocycles. The van der Waals surface area contributed by atoms with Crippen molar-refractivity contribution < 1.29 is 9.53 Å². The molecule has 1 heterocycles. The molecule has 1 aromatic carbocycles. The fraction of sp³-hybridized carbons (Fsp3) is 0.474. The molecule has 0 aliphatic carbocycles. The lowest BCUT2D eigenvalue weighted by atomic mass is 9.93. The van der Waals surface area contributed by atoms with Crippen LogP contribution < -0.4 is 10.6 Å². The van der Waals surface area contributed by atoms with Crippen LogP contribution in [0.4, 0.5) is 0 Å². The van der Waals surface area contributed by atoms with Gasteiger partial charge in [0.2, 0.25) is 0 Å². The second-order valence-corrected chi connectivity index (χ2v) is 7.29. The van der Waals surface area contributed by atoms with E-state index in [0.717, 1.165) is 11.3 Å². The molecule has 0 saturated heterocycles. The van der Waals surface area contributed by atoms with E-state index in [-0.39, 0.29) is 12.0 Å². The van der Waals surface area contributed by atoms with E-state index in [1.807, 2.05) is 32.9 Å². The average Bonchev–Trinajstić information content (AvgIpc) is 2.52. The van der Waals surface area contributed by atoms with Crippen molar-refractivity contribution in [3.63, 3.8) is 0 Å². The van der Waals surface area contributed by atoms with E-state index >= 15 is 0 Å². The van der Waals surface area contributed by atoms with Crippen molar-refractivity contribution in [3.8, 4) is 0 Å². The number of hydrogen-bond donors (Lipinski definition) is 2. The van der Waals surface area contributed by atoms with Crippen LogP contribution in [-0.2, 0) is 9.53 Å². The van der Waals surface area contributed by atoms with Crippen LogP contribution in [0, 0.1) is 5.92 Å². The lowest BCUT2D eigenvalue weighted by Crippen LogP contribution is -2.45. The molecule has 0 bridgehead atoms. The van der Waals surface area contributed by atoms with Crippen LogP contribution in [0.3, 0.4) is 0 Å². The van der Waals surface area contributed by atoms with Gasteiger partial charge in [-0.2, -0.15) is 0 Å². The Labute approximate surface area is 149 Å². The summed E-state index contributed by atoms with van der Waals surface area (Å²) in [6.45, 7) is 10.6. The molecule has 130 valence electrons. The van der Waals surface area contributed by atoms with E-state index in [0.29, 0.717) is 29.1 Å². The summed E-state index contributed by atoms with van der Waals surface area (Å²) < 4.78 is 5.44. The number of carbonyl (C=O) groups is 1. The Balaban J connectivity index is 2.32. The maximum absolute atomic E-state index is 12.6. The highest BCUT2D eigenvalue weighted by molar-refractivity contribution is 7.80. The largest absolute Gasteiger partial charge is 0.462 e. The van der Waals surface area contributed by atoms with Crippen molar-refractivity contribution >= 4 is 23.3 Å². The molecule has 2 N–H and O–H groups in total. The fourth-order valence-electron chi connectivity index (χ4n) is 2.61. The summed E-state index contributed by atoms with van der Waals surface area (Å²) in [6.07, 6.45) is 0. The van der Waals surface area contributed by atoms with Crippen molar-refractivity contribution in [1.82, 2.24) is 10.6 Å². The summed E-state index contributed by atoms with van der Waals surface area (Å²) in [5.74, 6) is 0.458. The summed E-state index contributed by atoms with van der Waals surface area (Å²) >= 11 is 5.26. The summed E-state index contributed by atoms with van der Waals surface area (Å²) in [7, 11) is 0. The molecular formula is C19H26N2O2S. The molecule has 24 heavy (non-hydrogen) atoms. The highest BCUT2D eigenvalue weighted by Crippen LogP contribution is 2.29. The van der Waals surface area contributed by atoms with Crippen LogP contribution in [0.25, 0.3) is 0 Å². The second-order valence-electron chi connectivity index (χ2n) is 6.88. The van der Waals surface area contributed by atoms with Gasteiger partial charge in [-0.15, -0.1) is 0 Å². The van der Waals surface area contributed by atoms with E-state index in [4.69, 9.17) is 17.0 Å². The Morgan fingerprint density at radius 3 is 2.38 bits per heavy atom. The van der Waals surface area contributed by atoms with Crippen molar-refractivity contribution in [1.29, 1.82) is 0 Å². The molecule has 5 heteroatoms. The average molecular weight is 346 g/mol. The number of ether oxygens (including phenoxy) is 1. The topological polar surface area (TPSA) is 50.4 Å². The minimum atomic E-state index is -0.304. The Morgan fingerprint density at radius 2 is 1.83 bits per heavy atom. The smallest absolute Gasteiger partial charge is 0.338 e. The minimum absolute atomic E-state index is 0.292. The van der Waals surface area contributed by atoms with Gasteiger partial charge in [-0.1, -0.05) is 52.0 Å². The number of hydrogen-bond acceptors (Lipinski definition) is 3. The van der Waals surface area contributed by atoms with Crippen LogP contribution in [0.2, 0.25) is 0 Å². The number of esters is 1. The molecule has 1 aromatic rings. The molecule has 0 fully saturated rings. The van der Waals surface area contributed by atoms with Gasteiger partial charge >= 0.3 is 5.97 Å². The van der Waals surface area contributed by atoms with Gasteiger partial charge in [0.05, 0.1) is 18.2 Å². The van der Waals surface area contributed by atoms with Crippen LogP contribution in [-0.4, -0.2) is 17.7 Å². The van der Waals surface area contributed by atoms with E-state index in [1.165, 1.54) is 5.56 Å². The Morgan fingerprint density at radius 1 is 1.21 bits per heavy atom. The van der Waals surface area contributed by atoms with Gasteiger partial charge in [-0.05, 0) is 42.1 Å². The monoisotopic (exact) mass is 346 g/mol. The summed E-state index contributed by atoms with van der Waals surface area (Å²) in [4.78, 5) is 12.6. The molecular weight excluding hydrogens is 320 g/mol. The molecule has 0 amide bonds. The summed E-state index contributed by atoms with van der Waals surface area (Å²) in [5.41, 5.74) is 3.59. The third kappa shape index (κ3) is 4.35. The summed E-state index contributed by atoms with van der Waals surface area (Å²) in [6, 6.07) is 7.99. The van der Waals surface area contributed by atoms with E-state index in [9.17, 15) is 4.79 Å². The summed E-state index contributed by atoms with van der Waals surface area (Å²) in [5, 5.41) is 6.74. The normalized spacial score (nSPS) is 17.8. The first-order valence-electron chi connectivity index (χ1n) is 8.34. The van der Waals surface area contributed by atoms with Gasteiger partial charge in [0.25, 0.3) is 0 Å². The Kier molecular flexibility index (Phi) is 5.99. The highest BCUT2D eigenvalue weighted by atomic mass is 32.1. The van der Waals surface area contributed by atoms with E-state index in [2.05, 4.69) is 36.6 Å². The molecule has 2 rings (SSSR count). The predicted octanol–water partition coefficient (Wildman–Crippen LogP) is 3.80. The SMILES string of the molecule is CC1=C(C(=O)OCC(C)C)[C@H](c2ccc(C(C)C)cc2)NC(=S)N1. The van der Waals surface area contributed by atoms with Crippen LogP contribution in [0.15, 0.2) is 35.5 Å². The van der Waals surface area contributed by atoms with Crippen molar-refractivity contribution in [2.24, 2.45) is 5.92 Å². The molecule has 4 nitrogen and oxygen atoms in total. The maximum atomic E-state index is 12.6. The van der Waals surface area contributed by atoms with Gasteiger partial charge in [0, 0.05) is 5.70 Å². The first-order chi connectivity index (χ1) is 11.3. The molecule has 1 aliphatic heterocycles. The third-order valence-corrected chi connectivity index (χ3v) is 4.19. The van der Waals surface area contributed by atoms with Gasteiger partial charge in [-0.25, -0.2) is 4.79 Å². The first kappa shape index (κ1) is 18.5. The molecule has 1 aliphatic rings. The van der Waals surface area contributed by atoms with E-state index < -0.39 is 0 Å². The van der Waals surface area contributed by atoms with Crippen molar-refractivity contribution in [3.05, 3.63) is 46.7 Å². The van der Waals surface area contributed by atoms with Crippen LogP contribution in [0.1, 0.15) is 57.7 Å². The second kappa shape index (κ2) is 7.79. The number of carbonyl (C=O) groups excluding carboxylic acids is 1. The van der Waals surface area contributed by atoms with Crippen LogP contribution >= 0.6 is 12.2 Å². The number of rotatable bonds is 5. The number of allylic oxidation sites excluding steroid dienone is 1. The number of thiocarbonyl (C=S) groups is 1. The van der Waals surface area contributed by atoms with Crippen LogP contribution in [0.5, 0.6) is 0 Å². The zero-order chi connectivity index (χ0) is 17.9. The molecule has 0 saturated carbocycles. The zero-order valence-electron chi connectivity index (χ0n) is 15.0. The van der Waals surface area contributed by atoms with Crippen molar-refractivity contribution in [2.75, 3.05) is 6.61 Å². The lowest BCUT2D eigenvalue weighted by Gasteiger charge is -2.30. The third-order valence-electron chi connectivity index (χ3n) is 3.97. The zero-order valence-corrected chi connectivity index (χ0v) is 15.8. The maximum Gasteiger partial charge on any atom is 0.338 e. The predicted molar refractivity (Wildman–Crippen MR) is 101 cm³/mol. The molecule has 1 atom stereocenters. The van der Waals surface area contributed by atoms with Gasteiger partial charge < -0.3 is 15.4 Å². The lowest BCUT2D eigenvalue weighted by molar-refractivity contribution is -0.140.